The molecule has 2 heterocycles. The Hall–Kier alpha value is -3.39. The topological polar surface area (TPSA) is 94.2 Å². The second-order valence-corrected chi connectivity index (χ2v) is 8.67. The molecule has 1 amide bonds. The number of fused-ring (bicyclic) bond motifs is 1. The average molecular weight is 409 g/mol. The Kier molecular flexibility index (Phi) is 4.71. The van der Waals surface area contributed by atoms with Gasteiger partial charge in [0.15, 0.2) is 5.76 Å². The zero-order chi connectivity index (χ0) is 20.6. The molecule has 2 aromatic heterocycles. The molecule has 1 atom stereocenters. The van der Waals surface area contributed by atoms with E-state index in [1.807, 2.05) is 66.2 Å². The summed E-state index contributed by atoms with van der Waals surface area (Å²) in [5.41, 5.74) is 2.60. The van der Waals surface area contributed by atoms with Gasteiger partial charge in [-0.25, -0.2) is 13.4 Å². The minimum Gasteiger partial charge on any atom is -0.440 e. The number of nitrogens with zero attached hydrogens (tertiary/aromatic N) is 2. The molecule has 1 N–H and O–H groups in total. The van der Waals surface area contributed by atoms with E-state index in [4.69, 9.17) is 9.40 Å². The van der Waals surface area contributed by atoms with Crippen molar-refractivity contribution in [1.82, 2.24) is 14.9 Å². The highest BCUT2D eigenvalue weighted by Crippen LogP contribution is 2.25. The monoisotopic (exact) mass is 409 g/mol. The summed E-state index contributed by atoms with van der Waals surface area (Å²) in [5.74, 6) is 0.0478. The van der Waals surface area contributed by atoms with Crippen molar-refractivity contribution in [3.8, 4) is 0 Å². The molecule has 8 heteroatoms. The van der Waals surface area contributed by atoms with E-state index >= 15 is 0 Å². The van der Waals surface area contributed by atoms with Crippen molar-refractivity contribution in [3.63, 3.8) is 0 Å². The Morgan fingerprint density at radius 1 is 1.03 bits per heavy atom. The van der Waals surface area contributed by atoms with Crippen molar-refractivity contribution >= 4 is 26.8 Å². The van der Waals surface area contributed by atoms with Crippen LogP contribution in [0.15, 0.2) is 76.2 Å². The van der Waals surface area contributed by atoms with E-state index in [0.29, 0.717) is 5.82 Å². The van der Waals surface area contributed by atoms with E-state index < -0.39 is 21.8 Å². The maximum atomic E-state index is 12.8. The third-order valence-electron chi connectivity index (χ3n) is 4.66. The number of imidazole rings is 1. The summed E-state index contributed by atoms with van der Waals surface area (Å²) >= 11 is 0. The zero-order valence-electron chi connectivity index (χ0n) is 15.9. The van der Waals surface area contributed by atoms with Crippen LogP contribution in [0.5, 0.6) is 0 Å². The lowest BCUT2D eigenvalue weighted by atomic mass is 10.1. The lowest BCUT2D eigenvalue weighted by Crippen LogP contribution is -2.30. The number of nitrogens with one attached hydrogen (secondary N) is 1. The van der Waals surface area contributed by atoms with Crippen molar-refractivity contribution < 1.29 is 17.6 Å². The summed E-state index contributed by atoms with van der Waals surface area (Å²) in [6, 6.07) is 19.2. The quantitative estimate of drug-likeness (QED) is 0.547. The normalized spacial score (nSPS) is 12.8. The third-order valence-corrected chi connectivity index (χ3v) is 5.61. The van der Waals surface area contributed by atoms with Crippen LogP contribution in [-0.2, 0) is 16.9 Å². The van der Waals surface area contributed by atoms with Gasteiger partial charge in [-0.2, -0.15) is 0 Å². The lowest BCUT2D eigenvalue weighted by Gasteiger charge is -2.18. The van der Waals surface area contributed by atoms with Gasteiger partial charge >= 0.3 is 0 Å². The fourth-order valence-electron chi connectivity index (χ4n) is 3.21. The molecule has 0 saturated heterocycles. The molecule has 0 bridgehead atoms. The molecule has 1 unspecified atom stereocenters. The smallest absolute Gasteiger partial charge is 0.287 e. The lowest BCUT2D eigenvalue weighted by molar-refractivity contribution is 0.0908. The Labute approximate surface area is 167 Å². The molecule has 7 nitrogen and oxygen atoms in total. The van der Waals surface area contributed by atoms with E-state index in [-0.39, 0.29) is 10.9 Å². The number of hydrogen-bond acceptors (Lipinski definition) is 5. The fourth-order valence-corrected chi connectivity index (χ4v) is 3.76. The van der Waals surface area contributed by atoms with Crippen LogP contribution in [0.4, 0.5) is 0 Å². The van der Waals surface area contributed by atoms with Crippen LogP contribution in [0, 0.1) is 0 Å². The highest BCUT2D eigenvalue weighted by Gasteiger charge is 2.25. The first-order chi connectivity index (χ1) is 13.8. The molecular weight excluding hydrogens is 390 g/mol. The van der Waals surface area contributed by atoms with E-state index in [0.717, 1.165) is 22.9 Å². The summed E-state index contributed by atoms with van der Waals surface area (Å²) in [6.45, 7) is 0. The maximum absolute atomic E-state index is 12.8. The fraction of sp³-hybridized carbons (Fsp3) is 0.143. The van der Waals surface area contributed by atoms with E-state index in [9.17, 15) is 13.2 Å². The number of amides is 1. The van der Waals surface area contributed by atoms with Gasteiger partial charge in [0.2, 0.25) is 14.9 Å². The highest BCUT2D eigenvalue weighted by molar-refractivity contribution is 7.90. The molecule has 0 aliphatic carbocycles. The number of carbonyl (C=O) groups excluding carboxylic acids is 1. The average Bonchev–Trinajstić information content (AvgIpc) is 3.33. The number of aromatic nitrogens is 2. The number of sulfone groups is 1. The number of carbonyl (C=O) groups is 1. The van der Waals surface area contributed by atoms with Crippen LogP contribution >= 0.6 is 0 Å². The third kappa shape index (κ3) is 3.66. The molecule has 0 spiro atoms. The number of para-hydroxylation sites is 2. The Bertz CT molecular complexity index is 1290. The largest absolute Gasteiger partial charge is 0.440 e. The van der Waals surface area contributed by atoms with Crippen molar-refractivity contribution in [2.24, 2.45) is 7.05 Å². The predicted molar refractivity (Wildman–Crippen MR) is 108 cm³/mol. The summed E-state index contributed by atoms with van der Waals surface area (Å²) in [6.07, 6.45) is 1.03. The molecule has 148 valence electrons. The van der Waals surface area contributed by atoms with Crippen molar-refractivity contribution in [1.29, 1.82) is 0 Å². The summed E-state index contributed by atoms with van der Waals surface area (Å²) in [7, 11) is -1.65. The minimum absolute atomic E-state index is 0.0786. The van der Waals surface area contributed by atoms with Crippen LogP contribution in [0.25, 0.3) is 11.0 Å². The van der Waals surface area contributed by atoms with E-state index in [1.54, 1.807) is 0 Å². The van der Waals surface area contributed by atoms with Gasteiger partial charge in [-0.1, -0.05) is 42.5 Å². The van der Waals surface area contributed by atoms with Gasteiger partial charge in [0.25, 0.3) is 5.91 Å². The number of furan rings is 1. The number of benzene rings is 2. The van der Waals surface area contributed by atoms with Gasteiger partial charge in [-0.3, -0.25) is 4.79 Å². The van der Waals surface area contributed by atoms with Gasteiger partial charge in [0.1, 0.15) is 11.9 Å². The van der Waals surface area contributed by atoms with E-state index in [1.165, 1.54) is 12.1 Å². The van der Waals surface area contributed by atoms with Gasteiger partial charge in [0, 0.05) is 13.3 Å². The maximum Gasteiger partial charge on any atom is 0.287 e. The van der Waals surface area contributed by atoms with Crippen LogP contribution in [0.2, 0.25) is 0 Å². The highest BCUT2D eigenvalue weighted by atomic mass is 32.2. The van der Waals surface area contributed by atoms with E-state index in [2.05, 4.69) is 5.32 Å². The molecule has 0 aliphatic heterocycles. The van der Waals surface area contributed by atoms with Crippen LogP contribution in [0.3, 0.4) is 0 Å². The van der Waals surface area contributed by atoms with Gasteiger partial charge < -0.3 is 14.3 Å². The molecule has 4 rings (SSSR count). The van der Waals surface area contributed by atoms with Gasteiger partial charge in [-0.15, -0.1) is 0 Å². The zero-order valence-corrected chi connectivity index (χ0v) is 16.7. The molecule has 0 radical (unpaired) electrons. The Morgan fingerprint density at radius 2 is 1.72 bits per heavy atom. The van der Waals surface area contributed by atoms with Crippen molar-refractivity contribution in [2.45, 2.75) is 11.1 Å². The summed E-state index contributed by atoms with van der Waals surface area (Å²) in [4.78, 5) is 17.5. The molecule has 29 heavy (non-hydrogen) atoms. The standard InChI is InChI=1S/C21H19N3O4S/c1-24-16-11-7-6-10-15(16)22-20(24)19(14-8-4-3-5-9-14)23-21(25)17-12-13-18(28-17)29(2,26)27/h3-13,19H,1-2H3,(H,23,25). The second kappa shape index (κ2) is 7.21. The van der Waals surface area contributed by atoms with Crippen molar-refractivity contribution in [3.05, 3.63) is 83.9 Å². The summed E-state index contributed by atoms with van der Waals surface area (Å²) in [5, 5.41) is 2.67. The number of aryl methyl sites for hydroxylation is 1. The molecule has 4 aromatic rings. The second-order valence-electron chi connectivity index (χ2n) is 6.73. The number of rotatable bonds is 5. The number of hydrogen-bond donors (Lipinski definition) is 1. The summed E-state index contributed by atoms with van der Waals surface area (Å²) < 4.78 is 30.5. The minimum atomic E-state index is -3.54. The first-order valence-corrected chi connectivity index (χ1v) is 10.8. The first-order valence-electron chi connectivity index (χ1n) is 8.91. The van der Waals surface area contributed by atoms with Crippen LogP contribution < -0.4 is 5.32 Å². The van der Waals surface area contributed by atoms with Gasteiger partial charge in [0.05, 0.1) is 11.0 Å². The van der Waals surface area contributed by atoms with Crippen molar-refractivity contribution in [2.75, 3.05) is 6.26 Å². The molecule has 0 aliphatic rings. The van der Waals surface area contributed by atoms with Crippen LogP contribution in [0.1, 0.15) is 28.0 Å². The molecule has 2 aromatic carbocycles. The molecular formula is C21H19N3O4S. The predicted octanol–water partition coefficient (Wildman–Crippen LogP) is 3.09. The Morgan fingerprint density at radius 3 is 2.38 bits per heavy atom. The first kappa shape index (κ1) is 18.9. The molecule has 0 fully saturated rings. The SMILES string of the molecule is Cn1c(C(NC(=O)c2ccc(S(C)(=O)=O)o2)c2ccccc2)nc2ccccc21. The Balaban J connectivity index is 1.74. The van der Waals surface area contributed by atoms with Gasteiger partial charge in [-0.05, 0) is 29.8 Å². The molecule has 0 saturated carbocycles. The van der Waals surface area contributed by atoms with Crippen LogP contribution in [-0.4, -0.2) is 30.1 Å².